The summed E-state index contributed by atoms with van der Waals surface area (Å²) in [5.74, 6) is 6.47. The molecule has 5 nitrogen and oxygen atoms in total. The molecule has 1 heterocycles. The summed E-state index contributed by atoms with van der Waals surface area (Å²) in [6.07, 6.45) is 4.09. The molecule has 0 aromatic carbocycles. The molecule has 0 radical (unpaired) electrons. The number of hydrogen-bond donors (Lipinski definition) is 2. The Morgan fingerprint density at radius 2 is 2.43 bits per heavy atom. The monoisotopic (exact) mass is 214 g/mol. The van der Waals surface area contributed by atoms with Gasteiger partial charge in [0.2, 0.25) is 4.77 Å². The van der Waals surface area contributed by atoms with Gasteiger partial charge < -0.3 is 10.6 Å². The number of rotatable bonds is 3. The van der Waals surface area contributed by atoms with Crippen LogP contribution in [0.4, 0.5) is 0 Å². The molecular formula is C8H14N4OS. The molecule has 1 saturated carbocycles. The maximum absolute atomic E-state index is 5.71. The highest BCUT2D eigenvalue weighted by Gasteiger charge is 2.38. The molecule has 0 bridgehead atoms. The zero-order chi connectivity index (χ0) is 10.2. The highest BCUT2D eigenvalue weighted by molar-refractivity contribution is 7.71. The van der Waals surface area contributed by atoms with Gasteiger partial charge in [0.05, 0.1) is 5.60 Å². The van der Waals surface area contributed by atoms with Gasteiger partial charge >= 0.3 is 0 Å². The van der Waals surface area contributed by atoms with Gasteiger partial charge in [-0.2, -0.15) is 5.10 Å². The highest BCUT2D eigenvalue weighted by atomic mass is 32.1. The van der Waals surface area contributed by atoms with E-state index >= 15 is 0 Å². The molecule has 1 fully saturated rings. The first-order chi connectivity index (χ1) is 6.67. The highest BCUT2D eigenvalue weighted by Crippen LogP contribution is 2.37. The molecule has 1 aromatic heterocycles. The average molecular weight is 214 g/mol. The standard InChI is InChI=1S/C8H14N4OS/c1-13-8(3-2-4-8)5-6-10-11-7(14)12(6)9/h2-5,9H2,1H3,(H,11,14). The van der Waals surface area contributed by atoms with Crippen molar-refractivity contribution >= 4 is 12.2 Å². The fourth-order valence-corrected chi connectivity index (χ4v) is 1.93. The van der Waals surface area contributed by atoms with Gasteiger partial charge in [-0.25, -0.2) is 4.68 Å². The summed E-state index contributed by atoms with van der Waals surface area (Å²) in [7, 11) is 1.74. The minimum atomic E-state index is -0.0575. The summed E-state index contributed by atoms with van der Waals surface area (Å²) < 4.78 is 7.35. The largest absolute Gasteiger partial charge is 0.378 e. The van der Waals surface area contributed by atoms with E-state index in [1.807, 2.05) is 0 Å². The number of hydrogen-bond acceptors (Lipinski definition) is 4. The quantitative estimate of drug-likeness (QED) is 0.576. The molecule has 78 valence electrons. The Balaban J connectivity index is 2.17. The van der Waals surface area contributed by atoms with Crippen molar-refractivity contribution in [2.24, 2.45) is 0 Å². The number of nitrogens with one attached hydrogen (secondary N) is 1. The molecule has 0 spiro atoms. The van der Waals surface area contributed by atoms with E-state index in [1.165, 1.54) is 11.1 Å². The van der Waals surface area contributed by atoms with Crippen LogP contribution in [0.25, 0.3) is 0 Å². The van der Waals surface area contributed by atoms with Gasteiger partial charge in [0.25, 0.3) is 0 Å². The van der Waals surface area contributed by atoms with Crippen LogP contribution >= 0.6 is 12.2 Å². The van der Waals surface area contributed by atoms with Crippen molar-refractivity contribution in [1.29, 1.82) is 0 Å². The van der Waals surface area contributed by atoms with Gasteiger partial charge in [-0.1, -0.05) is 0 Å². The normalized spacial score (nSPS) is 19.2. The van der Waals surface area contributed by atoms with Crippen LogP contribution < -0.4 is 5.84 Å². The number of nitrogens with two attached hydrogens (primary N) is 1. The maximum atomic E-state index is 5.71. The van der Waals surface area contributed by atoms with E-state index in [2.05, 4.69) is 10.2 Å². The number of methoxy groups -OCH3 is 1. The Labute approximate surface area is 87.2 Å². The van der Waals surface area contributed by atoms with Gasteiger partial charge in [-0.15, -0.1) is 0 Å². The zero-order valence-electron chi connectivity index (χ0n) is 8.12. The molecule has 1 aliphatic carbocycles. The number of aromatic amines is 1. The van der Waals surface area contributed by atoms with Gasteiger partial charge in [0.15, 0.2) is 5.82 Å². The Hall–Kier alpha value is -0.880. The molecule has 3 N–H and O–H groups in total. The minimum absolute atomic E-state index is 0.0575. The number of nitrogens with zero attached hydrogens (tertiary/aromatic N) is 2. The van der Waals surface area contributed by atoms with E-state index in [-0.39, 0.29) is 5.60 Å². The lowest BCUT2D eigenvalue weighted by Crippen LogP contribution is -2.42. The lowest BCUT2D eigenvalue weighted by atomic mass is 9.77. The second kappa shape index (κ2) is 3.36. The van der Waals surface area contributed by atoms with Crippen LogP contribution in [-0.4, -0.2) is 27.6 Å². The lowest BCUT2D eigenvalue weighted by Gasteiger charge is -2.39. The molecule has 2 rings (SSSR count). The Morgan fingerprint density at radius 3 is 2.79 bits per heavy atom. The predicted octanol–water partition coefficient (Wildman–Crippen LogP) is 0.766. The number of H-pyrrole nitrogens is 1. The average Bonchev–Trinajstić information content (AvgIpc) is 2.42. The summed E-state index contributed by atoms with van der Waals surface area (Å²) in [4.78, 5) is 0. The Morgan fingerprint density at radius 1 is 1.71 bits per heavy atom. The molecule has 14 heavy (non-hydrogen) atoms. The second-order valence-electron chi connectivity index (χ2n) is 3.73. The van der Waals surface area contributed by atoms with Crippen LogP contribution in [0.3, 0.4) is 0 Å². The van der Waals surface area contributed by atoms with Crippen LogP contribution in [0, 0.1) is 4.77 Å². The third kappa shape index (κ3) is 1.44. The van der Waals surface area contributed by atoms with Crippen LogP contribution in [0.2, 0.25) is 0 Å². The van der Waals surface area contributed by atoms with Gasteiger partial charge in [-0.3, -0.25) is 5.10 Å². The van der Waals surface area contributed by atoms with Gasteiger partial charge in [-0.05, 0) is 31.5 Å². The molecule has 0 unspecified atom stereocenters. The van der Waals surface area contributed by atoms with Gasteiger partial charge in [0, 0.05) is 13.5 Å². The van der Waals surface area contributed by atoms with E-state index in [4.69, 9.17) is 22.8 Å². The van der Waals surface area contributed by atoms with E-state index < -0.39 is 0 Å². The van der Waals surface area contributed by atoms with Crippen molar-refractivity contribution < 1.29 is 4.74 Å². The summed E-state index contributed by atoms with van der Waals surface area (Å²) in [6.45, 7) is 0. The smallest absolute Gasteiger partial charge is 0.214 e. The summed E-state index contributed by atoms with van der Waals surface area (Å²) in [5.41, 5.74) is -0.0575. The summed E-state index contributed by atoms with van der Waals surface area (Å²) in [6, 6.07) is 0. The maximum Gasteiger partial charge on any atom is 0.214 e. The molecule has 6 heteroatoms. The van der Waals surface area contributed by atoms with Crippen LogP contribution in [-0.2, 0) is 11.2 Å². The first-order valence-electron chi connectivity index (χ1n) is 4.63. The third-order valence-electron chi connectivity index (χ3n) is 2.96. The third-order valence-corrected chi connectivity index (χ3v) is 3.24. The van der Waals surface area contributed by atoms with E-state index in [9.17, 15) is 0 Å². The van der Waals surface area contributed by atoms with Crippen molar-refractivity contribution in [3.8, 4) is 0 Å². The van der Waals surface area contributed by atoms with E-state index in [0.717, 1.165) is 25.1 Å². The van der Waals surface area contributed by atoms with Crippen LogP contribution in [0.5, 0.6) is 0 Å². The van der Waals surface area contributed by atoms with Crippen molar-refractivity contribution in [2.75, 3.05) is 13.0 Å². The second-order valence-corrected chi connectivity index (χ2v) is 4.12. The summed E-state index contributed by atoms with van der Waals surface area (Å²) >= 11 is 4.93. The van der Waals surface area contributed by atoms with E-state index in [0.29, 0.717) is 4.77 Å². The van der Waals surface area contributed by atoms with E-state index in [1.54, 1.807) is 7.11 Å². The van der Waals surface area contributed by atoms with Crippen molar-refractivity contribution in [3.05, 3.63) is 10.6 Å². The SMILES string of the molecule is COC1(Cc2n[nH]c(=S)n2N)CCC1. The number of nitrogen functional groups attached to an aromatic ring is 1. The molecule has 0 aliphatic heterocycles. The van der Waals surface area contributed by atoms with Gasteiger partial charge in [0.1, 0.15) is 0 Å². The fraction of sp³-hybridized carbons (Fsp3) is 0.750. The first kappa shape index (κ1) is 9.67. The molecule has 0 atom stereocenters. The van der Waals surface area contributed by atoms with Crippen LogP contribution in [0.15, 0.2) is 0 Å². The summed E-state index contributed by atoms with van der Waals surface area (Å²) in [5, 5.41) is 6.74. The van der Waals surface area contributed by atoms with Crippen molar-refractivity contribution in [2.45, 2.75) is 31.3 Å². The first-order valence-corrected chi connectivity index (χ1v) is 5.04. The molecule has 1 aromatic rings. The topological polar surface area (TPSA) is 68.9 Å². The number of ether oxygens (including phenoxy) is 1. The Kier molecular flexibility index (Phi) is 2.32. The fourth-order valence-electron chi connectivity index (χ4n) is 1.77. The van der Waals surface area contributed by atoms with Crippen LogP contribution in [0.1, 0.15) is 25.1 Å². The predicted molar refractivity (Wildman–Crippen MR) is 54.9 cm³/mol. The molecular weight excluding hydrogens is 200 g/mol. The van der Waals surface area contributed by atoms with Crippen molar-refractivity contribution in [3.63, 3.8) is 0 Å². The molecule has 0 saturated heterocycles. The number of aromatic nitrogens is 3. The Bertz CT molecular complexity index is 373. The molecule has 0 amide bonds. The lowest BCUT2D eigenvalue weighted by molar-refractivity contribution is -0.0724. The minimum Gasteiger partial charge on any atom is -0.378 e. The van der Waals surface area contributed by atoms with Crippen molar-refractivity contribution in [1.82, 2.24) is 14.9 Å². The zero-order valence-corrected chi connectivity index (χ0v) is 8.93. The molecule has 1 aliphatic rings.